The highest BCUT2D eigenvalue weighted by Crippen LogP contribution is 2.12. The van der Waals surface area contributed by atoms with Crippen LogP contribution in [0.25, 0.3) is 0 Å². The zero-order valence-electron chi connectivity index (χ0n) is 16.8. The zero-order valence-corrected chi connectivity index (χ0v) is 16.8. The Kier molecular flexibility index (Phi) is 21.5. The maximum atomic E-state index is 2.31. The highest BCUT2D eigenvalue weighted by atomic mass is 14.0. The third-order valence-corrected chi connectivity index (χ3v) is 4.55. The maximum absolute atomic E-state index is 2.31. The molecule has 0 aliphatic heterocycles. The summed E-state index contributed by atoms with van der Waals surface area (Å²) < 4.78 is 0. The predicted octanol–water partition coefficient (Wildman–Crippen LogP) is 8.94. The minimum atomic E-state index is 1.21. The van der Waals surface area contributed by atoms with Crippen LogP contribution < -0.4 is 0 Å². The molecule has 0 bridgehead atoms. The molecule has 0 nitrogen and oxygen atoms in total. The number of hydrogen-bond acceptors (Lipinski definition) is 0. The second-order valence-electron chi connectivity index (χ2n) is 7.06. The highest BCUT2D eigenvalue weighted by Gasteiger charge is 1.92. The summed E-state index contributed by atoms with van der Waals surface area (Å²) in [4.78, 5) is 0. The van der Waals surface area contributed by atoms with Crippen LogP contribution in [0.5, 0.6) is 0 Å². The van der Waals surface area contributed by atoms with Crippen molar-refractivity contribution in [3.05, 3.63) is 36.5 Å². The summed E-state index contributed by atoms with van der Waals surface area (Å²) in [5.41, 5.74) is 0. The van der Waals surface area contributed by atoms with Gasteiger partial charge in [-0.3, -0.25) is 0 Å². The van der Waals surface area contributed by atoms with Crippen molar-refractivity contribution in [2.24, 2.45) is 0 Å². The Morgan fingerprint density at radius 3 is 1.21 bits per heavy atom. The summed E-state index contributed by atoms with van der Waals surface area (Å²) in [5, 5.41) is 0. The zero-order chi connectivity index (χ0) is 17.6. The molecule has 0 aromatic rings. The summed E-state index contributed by atoms with van der Waals surface area (Å²) in [7, 11) is 0. The molecule has 0 aliphatic carbocycles. The van der Waals surface area contributed by atoms with Gasteiger partial charge < -0.3 is 0 Å². The minimum Gasteiger partial charge on any atom is -0.0845 e. The molecule has 0 unspecified atom stereocenters. The van der Waals surface area contributed by atoms with Gasteiger partial charge in [0.15, 0.2) is 0 Å². The van der Waals surface area contributed by atoms with Crippen molar-refractivity contribution in [3.8, 4) is 0 Å². The quantitative estimate of drug-likeness (QED) is 0.173. The SMILES string of the molecule is CCCC/C=C/C=C/C=C/CCCCCCCCCCCCCC. The van der Waals surface area contributed by atoms with Crippen molar-refractivity contribution < 1.29 is 0 Å². The fraction of sp³-hybridized carbons (Fsp3) is 0.750. The molecule has 0 aliphatic rings. The van der Waals surface area contributed by atoms with Crippen molar-refractivity contribution >= 4 is 0 Å². The van der Waals surface area contributed by atoms with Gasteiger partial charge in [-0.25, -0.2) is 0 Å². The molecule has 0 rings (SSSR count). The summed E-state index contributed by atoms with van der Waals surface area (Å²) in [6, 6.07) is 0. The molecule has 0 heteroatoms. The van der Waals surface area contributed by atoms with Crippen LogP contribution in [0.3, 0.4) is 0 Å². The van der Waals surface area contributed by atoms with Gasteiger partial charge in [-0.05, 0) is 19.3 Å². The van der Waals surface area contributed by atoms with E-state index >= 15 is 0 Å². The van der Waals surface area contributed by atoms with E-state index in [9.17, 15) is 0 Å². The lowest BCUT2D eigenvalue weighted by molar-refractivity contribution is 0.545. The third-order valence-electron chi connectivity index (χ3n) is 4.55. The van der Waals surface area contributed by atoms with Crippen molar-refractivity contribution in [2.75, 3.05) is 0 Å². The summed E-state index contributed by atoms with van der Waals surface area (Å²) in [6.07, 6.45) is 35.5. The minimum absolute atomic E-state index is 1.21. The van der Waals surface area contributed by atoms with E-state index in [1.807, 2.05) is 0 Å². The topological polar surface area (TPSA) is 0 Å². The molecule has 0 aromatic heterocycles. The fourth-order valence-corrected chi connectivity index (χ4v) is 2.90. The number of hydrogen-bond donors (Lipinski definition) is 0. The molecule has 0 saturated heterocycles. The fourth-order valence-electron chi connectivity index (χ4n) is 2.90. The van der Waals surface area contributed by atoms with Crippen LogP contribution in [0.4, 0.5) is 0 Å². The van der Waals surface area contributed by atoms with Crippen molar-refractivity contribution in [2.45, 2.75) is 117 Å². The Morgan fingerprint density at radius 2 is 0.750 bits per heavy atom. The molecule has 0 fully saturated rings. The lowest BCUT2D eigenvalue weighted by Gasteiger charge is -2.02. The maximum Gasteiger partial charge on any atom is -0.0348 e. The van der Waals surface area contributed by atoms with Gasteiger partial charge in [0, 0.05) is 0 Å². The molecule has 0 heterocycles. The average Bonchev–Trinajstić information content (AvgIpc) is 2.60. The van der Waals surface area contributed by atoms with Gasteiger partial charge in [0.25, 0.3) is 0 Å². The smallest absolute Gasteiger partial charge is 0.0348 e. The van der Waals surface area contributed by atoms with Gasteiger partial charge in [0.05, 0.1) is 0 Å². The Hall–Kier alpha value is -0.780. The molecular formula is C24H44. The molecule has 0 spiro atoms. The number of unbranched alkanes of at least 4 members (excludes halogenated alkanes) is 14. The number of rotatable bonds is 18. The Morgan fingerprint density at radius 1 is 0.375 bits per heavy atom. The molecule has 0 N–H and O–H groups in total. The molecule has 0 saturated carbocycles. The first-order valence-corrected chi connectivity index (χ1v) is 10.9. The Balaban J connectivity index is 3.17. The molecule has 140 valence electrons. The largest absolute Gasteiger partial charge is 0.0845 e. The normalized spacial score (nSPS) is 12.2. The van der Waals surface area contributed by atoms with Gasteiger partial charge in [-0.15, -0.1) is 0 Å². The van der Waals surface area contributed by atoms with E-state index in [0.717, 1.165) is 0 Å². The van der Waals surface area contributed by atoms with E-state index in [2.05, 4.69) is 50.3 Å². The first-order valence-electron chi connectivity index (χ1n) is 10.9. The van der Waals surface area contributed by atoms with Crippen LogP contribution in [-0.2, 0) is 0 Å². The Bertz CT molecular complexity index is 295. The van der Waals surface area contributed by atoms with E-state index in [1.165, 1.54) is 103 Å². The van der Waals surface area contributed by atoms with Crippen molar-refractivity contribution in [1.29, 1.82) is 0 Å². The van der Waals surface area contributed by atoms with Crippen LogP contribution in [0.2, 0.25) is 0 Å². The summed E-state index contributed by atoms with van der Waals surface area (Å²) in [6.45, 7) is 4.53. The second-order valence-corrected chi connectivity index (χ2v) is 7.06. The number of allylic oxidation sites excluding steroid dienone is 6. The van der Waals surface area contributed by atoms with Crippen molar-refractivity contribution in [1.82, 2.24) is 0 Å². The van der Waals surface area contributed by atoms with Gasteiger partial charge in [-0.1, -0.05) is 134 Å². The third kappa shape index (κ3) is 21.2. The van der Waals surface area contributed by atoms with Crippen LogP contribution in [0, 0.1) is 0 Å². The lowest BCUT2D eigenvalue weighted by atomic mass is 10.0. The predicted molar refractivity (Wildman–Crippen MR) is 113 cm³/mol. The van der Waals surface area contributed by atoms with E-state index < -0.39 is 0 Å². The van der Waals surface area contributed by atoms with E-state index in [0.29, 0.717) is 0 Å². The van der Waals surface area contributed by atoms with Gasteiger partial charge in [0.1, 0.15) is 0 Å². The highest BCUT2D eigenvalue weighted by molar-refractivity contribution is 5.10. The van der Waals surface area contributed by atoms with Crippen LogP contribution in [-0.4, -0.2) is 0 Å². The van der Waals surface area contributed by atoms with Gasteiger partial charge in [-0.2, -0.15) is 0 Å². The molecule has 24 heavy (non-hydrogen) atoms. The van der Waals surface area contributed by atoms with Crippen LogP contribution in [0.1, 0.15) is 117 Å². The lowest BCUT2D eigenvalue weighted by Crippen LogP contribution is -1.82. The monoisotopic (exact) mass is 332 g/mol. The molecule has 0 atom stereocenters. The van der Waals surface area contributed by atoms with Crippen LogP contribution >= 0.6 is 0 Å². The summed E-state index contributed by atoms with van der Waals surface area (Å²) in [5.74, 6) is 0. The molecular weight excluding hydrogens is 288 g/mol. The standard InChI is InChI=1S/C24H44/c1-3-5-7-9-11-13-15-17-19-21-23-24-22-20-18-16-14-12-10-8-6-4-2/h9,11,13,15,17,19H,3-8,10,12,14,16,18,20-24H2,1-2H3/b11-9+,15-13+,19-17+. The molecule has 0 aromatic carbocycles. The van der Waals surface area contributed by atoms with E-state index in [-0.39, 0.29) is 0 Å². The van der Waals surface area contributed by atoms with Crippen LogP contribution in [0.15, 0.2) is 36.5 Å². The Labute approximate surface area is 153 Å². The average molecular weight is 333 g/mol. The van der Waals surface area contributed by atoms with Gasteiger partial charge in [0.2, 0.25) is 0 Å². The molecule has 0 radical (unpaired) electrons. The first-order chi connectivity index (χ1) is 11.9. The summed E-state index contributed by atoms with van der Waals surface area (Å²) >= 11 is 0. The van der Waals surface area contributed by atoms with E-state index in [4.69, 9.17) is 0 Å². The van der Waals surface area contributed by atoms with Crippen molar-refractivity contribution in [3.63, 3.8) is 0 Å². The second kappa shape index (κ2) is 22.2. The molecule has 0 amide bonds. The first kappa shape index (κ1) is 23.2. The van der Waals surface area contributed by atoms with Gasteiger partial charge >= 0.3 is 0 Å². The van der Waals surface area contributed by atoms with E-state index in [1.54, 1.807) is 0 Å².